The smallest absolute Gasteiger partial charge is 0.223 e. The molecule has 3 saturated carbocycles. The summed E-state index contributed by atoms with van der Waals surface area (Å²) in [7, 11) is 0. The second-order valence-corrected chi connectivity index (χ2v) is 10.5. The zero-order valence-corrected chi connectivity index (χ0v) is 18.7. The number of aromatic nitrogens is 5. The highest BCUT2D eigenvalue weighted by Gasteiger charge is 2.52. The molecule has 7 nitrogen and oxygen atoms in total. The van der Waals surface area contributed by atoms with Gasteiger partial charge in [-0.3, -0.25) is 4.79 Å². The van der Waals surface area contributed by atoms with Crippen LogP contribution in [0.5, 0.6) is 0 Å². The molecule has 3 aliphatic carbocycles. The Balaban J connectivity index is 1.03. The number of nitrogens with zero attached hydrogens (tertiary/aromatic N) is 4. The number of hydrogen-bond donors (Lipinski definition) is 2. The van der Waals surface area contributed by atoms with Gasteiger partial charge in [0, 0.05) is 36.5 Å². The summed E-state index contributed by atoms with van der Waals surface area (Å²) in [5, 5.41) is 3.18. The van der Waals surface area contributed by atoms with Crippen LogP contribution in [0.25, 0.3) is 17.2 Å². The van der Waals surface area contributed by atoms with Gasteiger partial charge in [-0.15, -0.1) is 0 Å². The zero-order valence-electron chi connectivity index (χ0n) is 18.7. The van der Waals surface area contributed by atoms with Crippen molar-refractivity contribution in [3.63, 3.8) is 0 Å². The molecule has 170 valence electrons. The van der Waals surface area contributed by atoms with Gasteiger partial charge < -0.3 is 14.9 Å². The van der Waals surface area contributed by atoms with E-state index in [1.165, 1.54) is 32.1 Å². The van der Waals surface area contributed by atoms with Crippen LogP contribution in [0.4, 0.5) is 0 Å². The second kappa shape index (κ2) is 7.54. The molecule has 1 unspecified atom stereocenters. The summed E-state index contributed by atoms with van der Waals surface area (Å²) in [6, 6.07) is 4.43. The van der Waals surface area contributed by atoms with Gasteiger partial charge in [-0.05, 0) is 80.4 Å². The molecular formula is C26H30N6O. The van der Waals surface area contributed by atoms with Crippen LogP contribution in [0.2, 0.25) is 0 Å². The first-order valence-electron chi connectivity index (χ1n) is 12.5. The van der Waals surface area contributed by atoms with Gasteiger partial charge in [0.2, 0.25) is 5.91 Å². The normalized spacial score (nSPS) is 34.4. The molecule has 0 spiro atoms. The van der Waals surface area contributed by atoms with E-state index in [1.54, 1.807) is 6.20 Å². The summed E-state index contributed by atoms with van der Waals surface area (Å²) in [6.07, 6.45) is 17.7. The molecule has 0 aromatic carbocycles. The molecule has 0 radical (unpaired) electrons. The number of pyridine rings is 1. The van der Waals surface area contributed by atoms with Gasteiger partial charge in [0.1, 0.15) is 11.6 Å². The third kappa shape index (κ3) is 3.08. The van der Waals surface area contributed by atoms with E-state index in [2.05, 4.69) is 48.2 Å². The number of imidazole rings is 2. The van der Waals surface area contributed by atoms with E-state index in [9.17, 15) is 4.79 Å². The quantitative estimate of drug-likeness (QED) is 0.639. The SMILES string of the molecule is O=C(NCc1nc2ncccc2[nH]1)[C@@H]1CC[C@H]2[C@@H]3CCC4[C@H](C=Cc5nccn54)[C@H]3CC[C@@H]21. The fourth-order valence-electron chi connectivity index (χ4n) is 7.84. The minimum absolute atomic E-state index is 0.151. The summed E-state index contributed by atoms with van der Waals surface area (Å²) in [5.74, 6) is 5.63. The van der Waals surface area contributed by atoms with E-state index in [0.29, 0.717) is 36.0 Å². The van der Waals surface area contributed by atoms with Crippen LogP contribution in [0.15, 0.2) is 36.8 Å². The lowest BCUT2D eigenvalue weighted by atomic mass is 9.56. The number of aromatic amines is 1. The third-order valence-electron chi connectivity index (χ3n) is 9.14. The topological polar surface area (TPSA) is 88.5 Å². The van der Waals surface area contributed by atoms with Crippen LogP contribution in [-0.2, 0) is 11.3 Å². The van der Waals surface area contributed by atoms with E-state index in [4.69, 9.17) is 0 Å². The first kappa shape index (κ1) is 19.5. The largest absolute Gasteiger partial charge is 0.349 e. The van der Waals surface area contributed by atoms with Crippen molar-refractivity contribution < 1.29 is 4.79 Å². The molecule has 4 heterocycles. The van der Waals surface area contributed by atoms with Crippen molar-refractivity contribution >= 4 is 23.1 Å². The van der Waals surface area contributed by atoms with Crippen LogP contribution in [0.3, 0.4) is 0 Å². The predicted octanol–water partition coefficient (Wildman–Crippen LogP) is 4.12. The molecule has 0 bridgehead atoms. The highest BCUT2D eigenvalue weighted by Crippen LogP contribution is 2.58. The molecule has 4 aliphatic rings. The maximum atomic E-state index is 13.2. The molecule has 3 aromatic rings. The van der Waals surface area contributed by atoms with Crippen molar-refractivity contribution in [3.8, 4) is 0 Å². The predicted molar refractivity (Wildman–Crippen MR) is 125 cm³/mol. The molecule has 7 heteroatoms. The highest BCUT2D eigenvalue weighted by atomic mass is 16.1. The highest BCUT2D eigenvalue weighted by molar-refractivity contribution is 5.79. The number of amides is 1. The number of carbonyl (C=O) groups excluding carboxylic acids is 1. The first-order chi connectivity index (χ1) is 16.3. The van der Waals surface area contributed by atoms with E-state index in [0.717, 1.165) is 35.4 Å². The molecule has 1 amide bonds. The Morgan fingerprint density at radius 1 is 1.03 bits per heavy atom. The molecular weight excluding hydrogens is 412 g/mol. The van der Waals surface area contributed by atoms with Gasteiger partial charge in [-0.2, -0.15) is 0 Å². The molecule has 2 N–H and O–H groups in total. The van der Waals surface area contributed by atoms with E-state index < -0.39 is 0 Å². The van der Waals surface area contributed by atoms with Crippen molar-refractivity contribution in [2.24, 2.45) is 35.5 Å². The van der Waals surface area contributed by atoms with E-state index >= 15 is 0 Å². The van der Waals surface area contributed by atoms with Crippen molar-refractivity contribution in [3.05, 3.63) is 48.4 Å². The molecule has 0 saturated heterocycles. The fraction of sp³-hybridized carbons (Fsp3) is 0.538. The number of nitrogens with one attached hydrogen (secondary N) is 2. The average Bonchev–Trinajstić information content (AvgIpc) is 3.59. The van der Waals surface area contributed by atoms with Crippen LogP contribution >= 0.6 is 0 Å². The Morgan fingerprint density at radius 3 is 2.82 bits per heavy atom. The maximum Gasteiger partial charge on any atom is 0.223 e. The lowest BCUT2D eigenvalue weighted by Crippen LogP contribution is -2.45. The van der Waals surface area contributed by atoms with Crippen LogP contribution < -0.4 is 5.32 Å². The van der Waals surface area contributed by atoms with Gasteiger partial charge in [-0.1, -0.05) is 6.08 Å². The van der Waals surface area contributed by atoms with Crippen molar-refractivity contribution in [2.75, 3.05) is 0 Å². The standard InChI is InChI=1S/C26H30N6O/c33-26(29-14-23-30-21-2-1-11-28-25(21)31-23)20-6-5-15-16-7-9-22-19(17(16)3-4-18(15)20)8-10-24-27-12-13-32(22)24/h1-2,8,10-13,15-20,22H,3-7,9,14H2,(H,29,33)(H,28,30,31)/t15-,16-,17-,18-,19+,20+,22?/m0/s1. The van der Waals surface area contributed by atoms with Gasteiger partial charge in [0.15, 0.2) is 5.65 Å². The second-order valence-electron chi connectivity index (χ2n) is 10.5. The Hall–Kier alpha value is -2.96. The molecule has 1 aliphatic heterocycles. The van der Waals surface area contributed by atoms with Crippen LogP contribution in [-0.4, -0.2) is 30.4 Å². The molecule has 3 aromatic heterocycles. The van der Waals surface area contributed by atoms with Crippen LogP contribution in [0.1, 0.15) is 56.2 Å². The number of hydrogen-bond acceptors (Lipinski definition) is 4. The monoisotopic (exact) mass is 442 g/mol. The number of fused-ring (bicyclic) bond motifs is 8. The molecule has 3 fully saturated rings. The minimum Gasteiger partial charge on any atom is -0.349 e. The Bertz CT molecular complexity index is 1190. The van der Waals surface area contributed by atoms with Crippen molar-refractivity contribution in [1.29, 1.82) is 0 Å². The van der Waals surface area contributed by atoms with Gasteiger partial charge in [0.05, 0.1) is 12.1 Å². The zero-order chi connectivity index (χ0) is 21.9. The fourth-order valence-corrected chi connectivity index (χ4v) is 7.84. The average molecular weight is 443 g/mol. The Morgan fingerprint density at radius 2 is 1.88 bits per heavy atom. The Labute approximate surface area is 193 Å². The lowest BCUT2D eigenvalue weighted by molar-refractivity contribution is -0.127. The molecule has 7 atom stereocenters. The lowest BCUT2D eigenvalue weighted by Gasteiger charge is -2.51. The number of H-pyrrole nitrogens is 1. The summed E-state index contributed by atoms with van der Waals surface area (Å²) in [6.45, 7) is 0.441. The van der Waals surface area contributed by atoms with Gasteiger partial charge in [-0.25, -0.2) is 15.0 Å². The van der Waals surface area contributed by atoms with Crippen molar-refractivity contribution in [1.82, 2.24) is 29.8 Å². The summed E-state index contributed by atoms with van der Waals surface area (Å²) in [5.41, 5.74) is 1.62. The Kier molecular flexibility index (Phi) is 4.45. The maximum absolute atomic E-state index is 13.2. The van der Waals surface area contributed by atoms with E-state index in [-0.39, 0.29) is 11.8 Å². The summed E-state index contributed by atoms with van der Waals surface area (Å²) in [4.78, 5) is 29.7. The van der Waals surface area contributed by atoms with E-state index in [1.807, 2.05) is 18.3 Å². The number of allylic oxidation sites excluding steroid dienone is 1. The van der Waals surface area contributed by atoms with Crippen molar-refractivity contribution in [2.45, 2.75) is 51.1 Å². The van der Waals surface area contributed by atoms with Gasteiger partial charge >= 0.3 is 0 Å². The first-order valence-corrected chi connectivity index (χ1v) is 12.5. The number of rotatable bonds is 3. The third-order valence-corrected chi connectivity index (χ3v) is 9.14. The molecule has 7 rings (SSSR count). The summed E-state index contributed by atoms with van der Waals surface area (Å²) < 4.78 is 2.41. The minimum atomic E-state index is 0.151. The number of carbonyl (C=O) groups is 1. The van der Waals surface area contributed by atoms with Gasteiger partial charge in [0.25, 0.3) is 0 Å². The molecule has 33 heavy (non-hydrogen) atoms. The van der Waals surface area contributed by atoms with Crippen LogP contribution in [0, 0.1) is 35.5 Å². The summed E-state index contributed by atoms with van der Waals surface area (Å²) >= 11 is 0.